The minimum atomic E-state index is -0.124. The Morgan fingerprint density at radius 2 is 2.08 bits per heavy atom. The first-order chi connectivity index (χ1) is 12.1. The van der Waals surface area contributed by atoms with Gasteiger partial charge in [0.25, 0.3) is 0 Å². The number of thiophene rings is 1. The second kappa shape index (κ2) is 8.25. The number of piperidine rings is 1. The molecule has 0 radical (unpaired) electrons. The minimum Gasteiger partial charge on any atom is -0.342 e. The predicted octanol–water partition coefficient (Wildman–Crippen LogP) is 3.03. The lowest BCUT2D eigenvalue weighted by molar-refractivity contribution is -0.133. The summed E-state index contributed by atoms with van der Waals surface area (Å²) in [7, 11) is 0. The van der Waals surface area contributed by atoms with E-state index in [0.29, 0.717) is 5.92 Å². The quantitative estimate of drug-likeness (QED) is 0.836. The van der Waals surface area contributed by atoms with Gasteiger partial charge in [-0.15, -0.1) is 33.9 Å². The van der Waals surface area contributed by atoms with E-state index in [-0.39, 0.29) is 24.2 Å². The number of hydrogen-bond acceptors (Lipinski definition) is 5. The molecule has 1 atom stereocenters. The number of halogens is 2. The Morgan fingerprint density at radius 3 is 2.77 bits per heavy atom. The van der Waals surface area contributed by atoms with Gasteiger partial charge >= 0.3 is 0 Å². The Morgan fingerprint density at radius 1 is 1.31 bits per heavy atom. The van der Waals surface area contributed by atoms with Gasteiger partial charge in [0.1, 0.15) is 11.6 Å². The molecule has 2 aliphatic heterocycles. The van der Waals surface area contributed by atoms with Gasteiger partial charge in [-0.05, 0) is 31.9 Å². The molecular weight excluding hydrogens is 393 g/mol. The maximum absolute atomic E-state index is 12.8. The third-order valence-electron chi connectivity index (χ3n) is 5.21. The lowest BCUT2D eigenvalue weighted by Crippen LogP contribution is -2.40. The monoisotopic (exact) mass is 415 g/mol. The fourth-order valence-corrected chi connectivity index (χ4v) is 4.84. The molecule has 2 aromatic heterocycles. The lowest BCUT2D eigenvalue weighted by Gasteiger charge is -2.33. The molecule has 0 bridgehead atoms. The molecule has 4 heterocycles. The molecule has 1 amide bonds. The van der Waals surface area contributed by atoms with E-state index in [4.69, 9.17) is 11.6 Å². The first-order valence-corrected chi connectivity index (χ1v) is 9.99. The number of likely N-dealkylation sites (tertiary alicyclic amines) is 1. The summed E-state index contributed by atoms with van der Waals surface area (Å²) in [6.45, 7) is 6.24. The number of carbonyl (C=O) groups excluding carboxylic acids is 1. The molecule has 0 spiro atoms. The molecule has 142 valence electrons. The molecule has 0 aromatic carbocycles. The van der Waals surface area contributed by atoms with Crippen LogP contribution in [0, 0.1) is 0 Å². The molecule has 1 unspecified atom stereocenters. The maximum Gasteiger partial charge on any atom is 0.230 e. The summed E-state index contributed by atoms with van der Waals surface area (Å²) in [6.07, 6.45) is 1.91. The van der Waals surface area contributed by atoms with Crippen LogP contribution in [0.1, 0.15) is 48.1 Å². The van der Waals surface area contributed by atoms with Crippen molar-refractivity contribution in [3.8, 4) is 0 Å². The average molecular weight is 416 g/mol. The number of rotatable bonds is 3. The smallest absolute Gasteiger partial charge is 0.230 e. The van der Waals surface area contributed by atoms with Gasteiger partial charge in [0.2, 0.25) is 5.91 Å². The average Bonchev–Trinajstić information content (AvgIpc) is 3.27. The summed E-state index contributed by atoms with van der Waals surface area (Å²) in [4.78, 5) is 15.8. The lowest BCUT2D eigenvalue weighted by atomic mass is 9.94. The van der Waals surface area contributed by atoms with Gasteiger partial charge in [-0.2, -0.15) is 0 Å². The van der Waals surface area contributed by atoms with Crippen LogP contribution in [0.3, 0.4) is 0 Å². The summed E-state index contributed by atoms with van der Waals surface area (Å²) in [5.74, 6) is 2.60. The van der Waals surface area contributed by atoms with Crippen molar-refractivity contribution >= 4 is 41.3 Å². The molecule has 1 N–H and O–H groups in total. The van der Waals surface area contributed by atoms with Crippen molar-refractivity contribution in [1.29, 1.82) is 0 Å². The molecule has 0 aliphatic carbocycles. The van der Waals surface area contributed by atoms with Gasteiger partial charge in [-0.1, -0.05) is 11.6 Å². The topological polar surface area (TPSA) is 63.1 Å². The highest BCUT2D eigenvalue weighted by Gasteiger charge is 2.31. The summed E-state index contributed by atoms with van der Waals surface area (Å²) in [6, 6.07) is 3.82. The highest BCUT2D eigenvalue weighted by atomic mass is 35.5. The zero-order chi connectivity index (χ0) is 17.4. The summed E-state index contributed by atoms with van der Waals surface area (Å²) in [5.41, 5.74) is 0. The van der Waals surface area contributed by atoms with E-state index in [1.807, 2.05) is 24.0 Å². The Hall–Kier alpha value is -1.15. The SMILES string of the molecule is CC(C(=O)N1CCC(c2nnc3n2CCNC3)CC1)c1ccc(Cl)s1.Cl. The normalized spacial score (nSPS) is 18.9. The predicted molar refractivity (Wildman–Crippen MR) is 105 cm³/mol. The minimum absolute atomic E-state index is 0. The standard InChI is InChI=1S/C17H22ClN5OS.ClH/c1-11(13-2-3-14(18)25-13)17(24)22-7-4-12(5-8-22)16-21-20-15-10-19-6-9-23(15)16;/h2-3,11-12,19H,4-10H2,1H3;1H. The van der Waals surface area contributed by atoms with E-state index < -0.39 is 0 Å². The number of hydrogen-bond donors (Lipinski definition) is 1. The van der Waals surface area contributed by atoms with Crippen LogP contribution in [-0.2, 0) is 17.9 Å². The van der Waals surface area contributed by atoms with Gasteiger partial charge in [-0.3, -0.25) is 4.79 Å². The van der Waals surface area contributed by atoms with Gasteiger partial charge in [0.15, 0.2) is 0 Å². The Kier molecular flexibility index (Phi) is 6.22. The summed E-state index contributed by atoms with van der Waals surface area (Å²) in [5, 5.41) is 12.1. The third-order valence-corrected chi connectivity index (χ3v) is 6.63. The Balaban J connectivity index is 0.00000196. The largest absolute Gasteiger partial charge is 0.342 e. The van der Waals surface area contributed by atoms with Crippen molar-refractivity contribution in [2.45, 2.75) is 44.7 Å². The zero-order valence-electron chi connectivity index (χ0n) is 14.7. The van der Waals surface area contributed by atoms with Crippen LogP contribution in [0.2, 0.25) is 4.34 Å². The van der Waals surface area contributed by atoms with Crippen molar-refractivity contribution in [2.75, 3.05) is 19.6 Å². The molecule has 2 aromatic rings. The fourth-order valence-electron chi connectivity index (χ4n) is 3.73. The fraction of sp³-hybridized carbons (Fsp3) is 0.588. The Bertz CT molecular complexity index is 769. The van der Waals surface area contributed by atoms with Crippen LogP contribution >= 0.6 is 35.3 Å². The molecule has 2 aliphatic rings. The molecule has 6 nitrogen and oxygen atoms in total. The number of carbonyl (C=O) groups is 1. The highest BCUT2D eigenvalue weighted by Crippen LogP contribution is 2.32. The molecule has 1 saturated heterocycles. The molecule has 26 heavy (non-hydrogen) atoms. The van der Waals surface area contributed by atoms with Crippen molar-refractivity contribution in [3.05, 3.63) is 33.0 Å². The van der Waals surface area contributed by atoms with E-state index in [1.54, 1.807) is 0 Å². The Labute approximate surface area is 168 Å². The molecule has 4 rings (SSSR count). The third kappa shape index (κ3) is 3.76. The van der Waals surface area contributed by atoms with Gasteiger partial charge in [0, 0.05) is 37.0 Å². The molecule has 1 fully saturated rings. The van der Waals surface area contributed by atoms with Gasteiger partial charge in [0.05, 0.1) is 16.8 Å². The van der Waals surface area contributed by atoms with E-state index in [2.05, 4.69) is 20.1 Å². The van der Waals surface area contributed by atoms with E-state index >= 15 is 0 Å². The molecule has 9 heteroatoms. The number of nitrogens with one attached hydrogen (secondary N) is 1. The van der Waals surface area contributed by atoms with E-state index in [9.17, 15) is 4.79 Å². The first kappa shape index (κ1) is 19.6. The number of aromatic nitrogens is 3. The second-order valence-corrected chi connectivity index (χ2v) is 8.51. The van der Waals surface area contributed by atoms with Crippen LogP contribution < -0.4 is 5.32 Å². The highest BCUT2D eigenvalue weighted by molar-refractivity contribution is 7.16. The molecule has 0 saturated carbocycles. The first-order valence-electron chi connectivity index (χ1n) is 8.80. The van der Waals surface area contributed by atoms with Crippen molar-refractivity contribution < 1.29 is 4.79 Å². The van der Waals surface area contributed by atoms with E-state index in [1.165, 1.54) is 11.3 Å². The summed E-state index contributed by atoms with van der Waals surface area (Å²) < 4.78 is 2.99. The summed E-state index contributed by atoms with van der Waals surface area (Å²) >= 11 is 7.50. The van der Waals surface area contributed by atoms with Crippen LogP contribution in [0.4, 0.5) is 0 Å². The van der Waals surface area contributed by atoms with E-state index in [0.717, 1.165) is 66.4 Å². The number of fused-ring (bicyclic) bond motifs is 1. The maximum atomic E-state index is 12.8. The van der Waals surface area contributed by atoms with Crippen LogP contribution in [0.15, 0.2) is 12.1 Å². The number of nitrogens with zero attached hydrogens (tertiary/aromatic N) is 4. The van der Waals surface area contributed by atoms with Gasteiger partial charge in [-0.25, -0.2) is 0 Å². The van der Waals surface area contributed by atoms with Gasteiger partial charge < -0.3 is 14.8 Å². The number of amides is 1. The second-order valence-electron chi connectivity index (χ2n) is 6.77. The van der Waals surface area contributed by atoms with Crippen LogP contribution in [0.5, 0.6) is 0 Å². The van der Waals surface area contributed by atoms with Crippen LogP contribution in [-0.4, -0.2) is 45.2 Å². The van der Waals surface area contributed by atoms with Crippen LogP contribution in [0.25, 0.3) is 0 Å². The van der Waals surface area contributed by atoms with Crippen molar-refractivity contribution in [3.63, 3.8) is 0 Å². The van der Waals surface area contributed by atoms with Crippen molar-refractivity contribution in [1.82, 2.24) is 25.0 Å². The van der Waals surface area contributed by atoms with Crippen molar-refractivity contribution in [2.24, 2.45) is 0 Å². The molecular formula is C17H23Cl2N5OS. The zero-order valence-corrected chi connectivity index (χ0v) is 17.0.